The molecule has 0 saturated carbocycles. The first kappa shape index (κ1) is 17.0. The van der Waals surface area contributed by atoms with E-state index in [1.165, 1.54) is 12.1 Å². The number of nitrogens with one attached hydrogen (secondary N) is 1. The van der Waals surface area contributed by atoms with E-state index in [2.05, 4.69) is 4.72 Å². The van der Waals surface area contributed by atoms with Crippen LogP contribution in [0.2, 0.25) is 0 Å². The fourth-order valence-corrected chi connectivity index (χ4v) is 3.44. The Kier molecular flexibility index (Phi) is 4.72. The van der Waals surface area contributed by atoms with Crippen molar-refractivity contribution in [3.63, 3.8) is 0 Å². The molecule has 0 aliphatic carbocycles. The maximum absolute atomic E-state index is 12.9. The highest BCUT2D eigenvalue weighted by Gasteiger charge is 2.14. The number of nitrogens with zero attached hydrogens (tertiary/aromatic N) is 1. The van der Waals surface area contributed by atoms with Crippen LogP contribution < -0.4 is 9.62 Å². The lowest BCUT2D eigenvalue weighted by atomic mass is 10.2. The van der Waals surface area contributed by atoms with Crippen molar-refractivity contribution in [1.29, 1.82) is 0 Å². The lowest BCUT2D eigenvalue weighted by Crippen LogP contribution is -2.13. The van der Waals surface area contributed by atoms with E-state index in [0.29, 0.717) is 5.69 Å². The van der Waals surface area contributed by atoms with Crippen molar-refractivity contribution in [2.45, 2.75) is 4.90 Å². The van der Waals surface area contributed by atoms with Crippen LogP contribution in [0, 0.1) is 5.82 Å². The van der Waals surface area contributed by atoms with Crippen molar-refractivity contribution < 1.29 is 12.8 Å². The van der Waals surface area contributed by atoms with Crippen molar-refractivity contribution in [2.24, 2.45) is 0 Å². The van der Waals surface area contributed by atoms with Crippen LogP contribution in [0.1, 0.15) is 0 Å². The summed E-state index contributed by atoms with van der Waals surface area (Å²) in [6, 6.07) is 21.6. The van der Waals surface area contributed by atoms with Crippen LogP contribution in [-0.2, 0) is 10.0 Å². The zero-order chi connectivity index (χ0) is 17.9. The number of hydrogen-bond acceptors (Lipinski definition) is 3. The first-order valence-electron chi connectivity index (χ1n) is 7.63. The normalized spacial score (nSPS) is 11.1. The second kappa shape index (κ2) is 6.94. The van der Waals surface area contributed by atoms with Gasteiger partial charge in [0, 0.05) is 24.1 Å². The average Bonchev–Trinajstić information content (AvgIpc) is 2.62. The molecule has 0 radical (unpaired) electrons. The Hall–Kier alpha value is -2.86. The fraction of sp³-hybridized carbons (Fsp3) is 0.0526. The minimum Gasteiger partial charge on any atom is -0.345 e. The molecule has 0 aliphatic rings. The van der Waals surface area contributed by atoms with E-state index in [1.807, 2.05) is 54.4 Å². The molecule has 0 saturated heterocycles. The number of halogens is 1. The minimum absolute atomic E-state index is 0.0133. The Morgan fingerprint density at radius 3 is 1.96 bits per heavy atom. The zero-order valence-electron chi connectivity index (χ0n) is 13.6. The molecule has 6 heteroatoms. The molecule has 0 aromatic heterocycles. The first-order valence-corrected chi connectivity index (χ1v) is 9.11. The summed E-state index contributed by atoms with van der Waals surface area (Å²) < 4.78 is 40.1. The monoisotopic (exact) mass is 356 g/mol. The molecular weight excluding hydrogens is 339 g/mol. The van der Waals surface area contributed by atoms with E-state index >= 15 is 0 Å². The molecule has 1 N–H and O–H groups in total. The number of anilines is 3. The highest BCUT2D eigenvalue weighted by Crippen LogP contribution is 2.25. The molecule has 0 spiro atoms. The smallest absolute Gasteiger partial charge is 0.261 e. The predicted molar refractivity (Wildman–Crippen MR) is 98.2 cm³/mol. The summed E-state index contributed by atoms with van der Waals surface area (Å²) in [5, 5.41) is 0. The molecule has 0 aliphatic heterocycles. The van der Waals surface area contributed by atoms with Gasteiger partial charge in [0.1, 0.15) is 5.82 Å². The standard InChI is InChI=1S/C19H17FN2O2S/c1-22(17-5-3-2-4-6-17)18-11-9-16(10-12-18)21-25(23,24)19-13-7-15(20)8-14-19/h2-14,21H,1H3. The Bertz CT molecular complexity index is 941. The molecule has 128 valence electrons. The van der Waals surface area contributed by atoms with Gasteiger partial charge in [0.25, 0.3) is 10.0 Å². The van der Waals surface area contributed by atoms with Gasteiger partial charge in [-0.25, -0.2) is 12.8 Å². The molecule has 0 heterocycles. The van der Waals surface area contributed by atoms with Gasteiger partial charge < -0.3 is 4.90 Å². The second-order valence-corrected chi connectivity index (χ2v) is 7.18. The molecule has 3 rings (SSSR count). The SMILES string of the molecule is CN(c1ccccc1)c1ccc(NS(=O)(=O)c2ccc(F)cc2)cc1. The molecule has 0 atom stereocenters. The topological polar surface area (TPSA) is 49.4 Å². The highest BCUT2D eigenvalue weighted by atomic mass is 32.2. The molecule has 0 amide bonds. The molecule has 3 aromatic rings. The van der Waals surface area contributed by atoms with Crippen molar-refractivity contribution in [1.82, 2.24) is 0 Å². The van der Waals surface area contributed by atoms with Crippen LogP contribution in [0.4, 0.5) is 21.5 Å². The lowest BCUT2D eigenvalue weighted by molar-refractivity contribution is 0.599. The Labute approximate surface area is 146 Å². The molecule has 0 fully saturated rings. The van der Waals surface area contributed by atoms with Gasteiger partial charge in [-0.05, 0) is 60.7 Å². The van der Waals surface area contributed by atoms with Gasteiger partial charge in [-0.3, -0.25) is 4.72 Å². The van der Waals surface area contributed by atoms with E-state index < -0.39 is 15.8 Å². The van der Waals surface area contributed by atoms with Gasteiger partial charge in [0.15, 0.2) is 0 Å². The summed E-state index contributed by atoms with van der Waals surface area (Å²) in [6.45, 7) is 0. The molecule has 3 aromatic carbocycles. The highest BCUT2D eigenvalue weighted by molar-refractivity contribution is 7.92. The Morgan fingerprint density at radius 2 is 1.36 bits per heavy atom. The summed E-state index contributed by atoms with van der Waals surface area (Å²) in [5.41, 5.74) is 2.40. The fourth-order valence-electron chi connectivity index (χ4n) is 2.38. The second-order valence-electron chi connectivity index (χ2n) is 5.50. The molecule has 4 nitrogen and oxygen atoms in total. The van der Waals surface area contributed by atoms with E-state index in [-0.39, 0.29) is 4.90 Å². The van der Waals surface area contributed by atoms with Crippen LogP contribution in [0.25, 0.3) is 0 Å². The van der Waals surface area contributed by atoms with E-state index in [4.69, 9.17) is 0 Å². The zero-order valence-corrected chi connectivity index (χ0v) is 14.4. The maximum Gasteiger partial charge on any atom is 0.261 e. The molecule has 0 bridgehead atoms. The third kappa shape index (κ3) is 3.97. The van der Waals surface area contributed by atoms with Gasteiger partial charge in [0.05, 0.1) is 4.90 Å². The predicted octanol–water partition coefficient (Wildman–Crippen LogP) is 4.39. The van der Waals surface area contributed by atoms with Crippen molar-refractivity contribution >= 4 is 27.1 Å². The van der Waals surface area contributed by atoms with Gasteiger partial charge in [-0.1, -0.05) is 18.2 Å². The van der Waals surface area contributed by atoms with Gasteiger partial charge in [-0.15, -0.1) is 0 Å². The molecule has 25 heavy (non-hydrogen) atoms. The van der Waals surface area contributed by atoms with E-state index in [1.54, 1.807) is 12.1 Å². The van der Waals surface area contributed by atoms with Crippen molar-refractivity contribution in [3.8, 4) is 0 Å². The van der Waals surface area contributed by atoms with E-state index in [9.17, 15) is 12.8 Å². The summed E-state index contributed by atoms with van der Waals surface area (Å²) in [7, 11) is -1.81. The first-order chi connectivity index (χ1) is 12.0. The van der Waals surface area contributed by atoms with Crippen molar-refractivity contribution in [3.05, 3.63) is 84.7 Å². The molecular formula is C19H17FN2O2S. The third-order valence-corrected chi connectivity index (χ3v) is 5.17. The number of hydrogen-bond donors (Lipinski definition) is 1. The van der Waals surface area contributed by atoms with Crippen LogP contribution in [-0.4, -0.2) is 15.5 Å². The molecule has 0 unspecified atom stereocenters. The van der Waals surface area contributed by atoms with Crippen LogP contribution in [0.5, 0.6) is 0 Å². The van der Waals surface area contributed by atoms with Gasteiger partial charge in [-0.2, -0.15) is 0 Å². The Morgan fingerprint density at radius 1 is 0.800 bits per heavy atom. The van der Waals surface area contributed by atoms with Crippen molar-refractivity contribution in [2.75, 3.05) is 16.7 Å². The summed E-state index contributed by atoms with van der Waals surface area (Å²) in [4.78, 5) is 2.01. The van der Waals surface area contributed by atoms with Crippen LogP contribution >= 0.6 is 0 Å². The number of rotatable bonds is 5. The van der Waals surface area contributed by atoms with Gasteiger partial charge in [0.2, 0.25) is 0 Å². The number of sulfonamides is 1. The lowest BCUT2D eigenvalue weighted by Gasteiger charge is -2.19. The quantitative estimate of drug-likeness (QED) is 0.737. The third-order valence-electron chi connectivity index (χ3n) is 3.77. The van der Waals surface area contributed by atoms with E-state index in [0.717, 1.165) is 23.5 Å². The minimum atomic E-state index is -3.75. The van der Waals surface area contributed by atoms with Gasteiger partial charge >= 0.3 is 0 Å². The Balaban J connectivity index is 1.77. The summed E-state index contributed by atoms with van der Waals surface area (Å²) in [6.07, 6.45) is 0. The number of para-hydroxylation sites is 1. The maximum atomic E-state index is 12.9. The summed E-state index contributed by atoms with van der Waals surface area (Å²) in [5.74, 6) is -0.479. The largest absolute Gasteiger partial charge is 0.345 e. The number of benzene rings is 3. The summed E-state index contributed by atoms with van der Waals surface area (Å²) >= 11 is 0. The van der Waals surface area contributed by atoms with Crippen LogP contribution in [0.3, 0.4) is 0 Å². The average molecular weight is 356 g/mol. The van der Waals surface area contributed by atoms with Crippen LogP contribution in [0.15, 0.2) is 83.8 Å².